The molecule has 2 heterocycles. The molecule has 0 aliphatic carbocycles. The third-order valence-electron chi connectivity index (χ3n) is 2.64. The van der Waals surface area contributed by atoms with Crippen LogP contribution in [0.15, 0.2) is 17.2 Å². The summed E-state index contributed by atoms with van der Waals surface area (Å²) in [5.74, 6) is 0.227. The molecule has 0 spiro atoms. The molecule has 5 heteroatoms. The van der Waals surface area contributed by atoms with Crippen LogP contribution in [0.3, 0.4) is 0 Å². The quantitative estimate of drug-likeness (QED) is 0.802. The van der Waals surface area contributed by atoms with Gasteiger partial charge in [-0.25, -0.2) is 4.98 Å². The second kappa shape index (κ2) is 5.12. The Kier molecular flexibility index (Phi) is 3.56. The van der Waals surface area contributed by atoms with E-state index in [2.05, 4.69) is 10.3 Å². The first-order chi connectivity index (χ1) is 7.81. The van der Waals surface area contributed by atoms with Gasteiger partial charge in [0.05, 0.1) is 0 Å². The van der Waals surface area contributed by atoms with Crippen LogP contribution in [-0.2, 0) is 6.54 Å². The zero-order chi connectivity index (χ0) is 11.4. The Bertz CT molecular complexity index is 396. The fourth-order valence-corrected chi connectivity index (χ4v) is 1.81. The molecule has 1 aliphatic heterocycles. The molecule has 16 heavy (non-hydrogen) atoms. The highest BCUT2D eigenvalue weighted by molar-refractivity contribution is 5.05. The maximum atomic E-state index is 11.9. The number of aryl methyl sites for hydroxylation is 1. The summed E-state index contributed by atoms with van der Waals surface area (Å²) in [5.41, 5.74) is -0.128. The Morgan fingerprint density at radius 1 is 1.69 bits per heavy atom. The Morgan fingerprint density at radius 3 is 3.25 bits per heavy atom. The second-order valence-electron chi connectivity index (χ2n) is 3.96. The van der Waals surface area contributed by atoms with Crippen molar-refractivity contribution >= 4 is 0 Å². The van der Waals surface area contributed by atoms with Crippen LogP contribution >= 0.6 is 0 Å². The van der Waals surface area contributed by atoms with Crippen LogP contribution in [-0.4, -0.2) is 28.7 Å². The van der Waals surface area contributed by atoms with Gasteiger partial charge in [-0.15, -0.1) is 0 Å². The zero-order valence-corrected chi connectivity index (χ0v) is 9.48. The summed E-state index contributed by atoms with van der Waals surface area (Å²) < 4.78 is 7.23. The van der Waals surface area contributed by atoms with Crippen molar-refractivity contribution in [2.45, 2.75) is 32.4 Å². The van der Waals surface area contributed by atoms with Gasteiger partial charge in [0.25, 0.3) is 5.88 Å². The fraction of sp³-hybridized carbons (Fsp3) is 0.636. The minimum Gasteiger partial charge on any atom is -0.469 e. The predicted octanol–water partition coefficient (Wildman–Crippen LogP) is 0.394. The first-order valence-corrected chi connectivity index (χ1v) is 5.74. The highest BCUT2D eigenvalue weighted by atomic mass is 16.5. The molecular formula is C11H17N3O2. The highest BCUT2D eigenvalue weighted by Gasteiger charge is 2.18. The number of ether oxygens (including phenoxy) is 1. The standard InChI is InChI=1S/C11H17N3O2/c1-2-6-14-7-5-13-10(11(14)15)16-9-3-4-12-8-9/h5,7,9,12H,2-4,6,8H2,1H3. The van der Waals surface area contributed by atoms with E-state index in [1.54, 1.807) is 17.0 Å². The van der Waals surface area contributed by atoms with Crippen molar-refractivity contribution in [1.82, 2.24) is 14.9 Å². The molecule has 1 aliphatic rings. The summed E-state index contributed by atoms with van der Waals surface area (Å²) >= 11 is 0. The largest absolute Gasteiger partial charge is 0.469 e. The number of hydrogen-bond donors (Lipinski definition) is 1. The van der Waals surface area contributed by atoms with Gasteiger partial charge in [0.1, 0.15) is 6.10 Å². The van der Waals surface area contributed by atoms with E-state index in [1.807, 2.05) is 6.92 Å². The highest BCUT2D eigenvalue weighted by Crippen LogP contribution is 2.06. The molecule has 0 amide bonds. The molecule has 1 fully saturated rings. The number of rotatable bonds is 4. The van der Waals surface area contributed by atoms with E-state index in [0.29, 0.717) is 6.54 Å². The van der Waals surface area contributed by atoms with E-state index in [0.717, 1.165) is 25.9 Å². The van der Waals surface area contributed by atoms with E-state index < -0.39 is 0 Å². The summed E-state index contributed by atoms with van der Waals surface area (Å²) in [6, 6.07) is 0. The van der Waals surface area contributed by atoms with E-state index in [1.165, 1.54) is 0 Å². The van der Waals surface area contributed by atoms with Crippen LogP contribution < -0.4 is 15.6 Å². The number of nitrogens with zero attached hydrogens (tertiary/aromatic N) is 2. The predicted molar refractivity (Wildman–Crippen MR) is 60.7 cm³/mol. The topological polar surface area (TPSA) is 56.1 Å². The van der Waals surface area contributed by atoms with Crippen molar-refractivity contribution in [2.24, 2.45) is 0 Å². The molecule has 1 aromatic heterocycles. The molecule has 1 N–H and O–H groups in total. The summed E-state index contributed by atoms with van der Waals surface area (Å²) in [6.07, 6.45) is 5.26. The minimum absolute atomic E-state index is 0.0812. The fourth-order valence-electron chi connectivity index (χ4n) is 1.81. The molecule has 5 nitrogen and oxygen atoms in total. The van der Waals surface area contributed by atoms with Crippen LogP contribution in [0.1, 0.15) is 19.8 Å². The smallest absolute Gasteiger partial charge is 0.313 e. The zero-order valence-electron chi connectivity index (χ0n) is 9.48. The van der Waals surface area contributed by atoms with E-state index in [-0.39, 0.29) is 17.5 Å². The molecule has 1 saturated heterocycles. The van der Waals surface area contributed by atoms with E-state index in [9.17, 15) is 4.79 Å². The minimum atomic E-state index is -0.128. The van der Waals surface area contributed by atoms with Crippen molar-refractivity contribution in [2.75, 3.05) is 13.1 Å². The average Bonchev–Trinajstić information content (AvgIpc) is 2.77. The first kappa shape index (κ1) is 11.1. The van der Waals surface area contributed by atoms with E-state index >= 15 is 0 Å². The molecule has 2 rings (SSSR count). The summed E-state index contributed by atoms with van der Waals surface area (Å²) in [4.78, 5) is 15.9. The molecule has 1 atom stereocenters. The maximum Gasteiger partial charge on any atom is 0.313 e. The SMILES string of the molecule is CCCn1ccnc(OC2CCNC2)c1=O. The van der Waals surface area contributed by atoms with E-state index in [4.69, 9.17) is 4.74 Å². The van der Waals surface area contributed by atoms with Crippen molar-refractivity contribution in [3.05, 3.63) is 22.7 Å². The van der Waals surface area contributed by atoms with Gasteiger partial charge < -0.3 is 14.6 Å². The molecule has 0 aromatic carbocycles. The van der Waals surface area contributed by atoms with Crippen LogP contribution in [0, 0.1) is 0 Å². The summed E-state index contributed by atoms with van der Waals surface area (Å²) in [6.45, 7) is 4.49. The van der Waals surface area contributed by atoms with Crippen molar-refractivity contribution in [1.29, 1.82) is 0 Å². The molecule has 88 valence electrons. The van der Waals surface area contributed by atoms with Gasteiger partial charge in [0, 0.05) is 25.5 Å². The Morgan fingerprint density at radius 2 is 2.56 bits per heavy atom. The molecule has 1 aromatic rings. The average molecular weight is 223 g/mol. The summed E-state index contributed by atoms with van der Waals surface area (Å²) in [7, 11) is 0. The lowest BCUT2D eigenvalue weighted by Gasteiger charge is -2.11. The lowest BCUT2D eigenvalue weighted by molar-refractivity contribution is 0.208. The molecular weight excluding hydrogens is 206 g/mol. The molecule has 0 radical (unpaired) electrons. The molecule has 1 unspecified atom stereocenters. The Labute approximate surface area is 94.5 Å². The number of hydrogen-bond acceptors (Lipinski definition) is 4. The van der Waals surface area contributed by atoms with Crippen LogP contribution in [0.5, 0.6) is 5.88 Å². The van der Waals surface area contributed by atoms with Gasteiger partial charge in [-0.3, -0.25) is 4.79 Å². The van der Waals surface area contributed by atoms with Crippen LogP contribution in [0.4, 0.5) is 0 Å². The van der Waals surface area contributed by atoms with Gasteiger partial charge in [-0.05, 0) is 19.4 Å². The van der Waals surface area contributed by atoms with Crippen LogP contribution in [0.25, 0.3) is 0 Å². The lowest BCUT2D eigenvalue weighted by Crippen LogP contribution is -2.27. The third kappa shape index (κ3) is 2.41. The van der Waals surface area contributed by atoms with Crippen molar-refractivity contribution in [3.63, 3.8) is 0 Å². The number of aromatic nitrogens is 2. The third-order valence-corrected chi connectivity index (χ3v) is 2.64. The Hall–Kier alpha value is -1.36. The summed E-state index contributed by atoms with van der Waals surface area (Å²) in [5, 5.41) is 3.19. The Balaban J connectivity index is 2.13. The van der Waals surface area contributed by atoms with Gasteiger partial charge in [-0.2, -0.15) is 0 Å². The molecule has 0 saturated carbocycles. The van der Waals surface area contributed by atoms with Gasteiger partial charge in [0.15, 0.2) is 0 Å². The van der Waals surface area contributed by atoms with Gasteiger partial charge in [-0.1, -0.05) is 6.92 Å². The van der Waals surface area contributed by atoms with Gasteiger partial charge >= 0.3 is 5.56 Å². The monoisotopic (exact) mass is 223 g/mol. The number of nitrogens with one attached hydrogen (secondary N) is 1. The lowest BCUT2D eigenvalue weighted by atomic mass is 10.3. The van der Waals surface area contributed by atoms with Crippen molar-refractivity contribution < 1.29 is 4.74 Å². The van der Waals surface area contributed by atoms with Crippen molar-refractivity contribution in [3.8, 4) is 5.88 Å². The normalized spacial score (nSPS) is 19.9. The second-order valence-corrected chi connectivity index (χ2v) is 3.96. The van der Waals surface area contributed by atoms with Crippen LogP contribution in [0.2, 0.25) is 0 Å². The molecule has 0 bridgehead atoms. The first-order valence-electron chi connectivity index (χ1n) is 5.74. The maximum absolute atomic E-state index is 11.9. The van der Waals surface area contributed by atoms with Gasteiger partial charge in [0.2, 0.25) is 0 Å².